The fraction of sp³-hybridized carbons (Fsp3) is 0.400. The van der Waals surface area contributed by atoms with Crippen LogP contribution in [0.4, 0.5) is 0 Å². The molecule has 1 amide bonds. The van der Waals surface area contributed by atoms with Gasteiger partial charge in [0, 0.05) is 11.9 Å². The summed E-state index contributed by atoms with van der Waals surface area (Å²) in [6.45, 7) is 2.13. The Morgan fingerprint density at radius 2 is 2.27 bits per heavy atom. The number of carboxylic acid groups (broad SMARTS) is 1. The molecule has 22 heavy (non-hydrogen) atoms. The van der Waals surface area contributed by atoms with Gasteiger partial charge in [0.2, 0.25) is 5.91 Å². The molecule has 0 aromatic carbocycles. The summed E-state index contributed by atoms with van der Waals surface area (Å²) in [4.78, 5) is 31.0. The lowest BCUT2D eigenvalue weighted by atomic mass is 9.99. The van der Waals surface area contributed by atoms with Crippen LogP contribution < -0.4 is 0 Å². The Kier molecular flexibility index (Phi) is 4.01. The van der Waals surface area contributed by atoms with E-state index < -0.39 is 11.5 Å². The molecule has 1 N–H and O–H groups in total. The van der Waals surface area contributed by atoms with Gasteiger partial charge in [-0.3, -0.25) is 4.79 Å². The number of hydrogen-bond donors (Lipinski definition) is 1. The molecule has 1 aliphatic rings. The van der Waals surface area contributed by atoms with Crippen LogP contribution in [0.2, 0.25) is 0 Å². The average molecular weight is 336 g/mol. The molecule has 0 bridgehead atoms. The lowest BCUT2D eigenvalue weighted by Crippen LogP contribution is -2.51. The van der Waals surface area contributed by atoms with E-state index in [2.05, 4.69) is 4.98 Å². The third-order valence-corrected chi connectivity index (χ3v) is 5.95. The zero-order valence-electron chi connectivity index (χ0n) is 12.1. The maximum absolute atomic E-state index is 12.5. The van der Waals surface area contributed by atoms with E-state index in [-0.39, 0.29) is 12.3 Å². The predicted molar refractivity (Wildman–Crippen MR) is 86.1 cm³/mol. The molecule has 1 atom stereocenters. The Bertz CT molecular complexity index is 695. The van der Waals surface area contributed by atoms with Crippen molar-refractivity contribution in [1.29, 1.82) is 0 Å². The summed E-state index contributed by atoms with van der Waals surface area (Å²) in [5.74, 6) is -1.10. The van der Waals surface area contributed by atoms with Crippen molar-refractivity contribution in [3.8, 4) is 9.88 Å². The number of carboxylic acids is 1. The SMILES string of the molecule is CC1(C(=O)O)CCCN1C(=O)Cc1csc(-c2cccs2)n1. The zero-order valence-corrected chi connectivity index (χ0v) is 13.7. The lowest BCUT2D eigenvalue weighted by Gasteiger charge is -2.31. The van der Waals surface area contributed by atoms with Crippen LogP contribution in [0.1, 0.15) is 25.5 Å². The first-order valence-corrected chi connectivity index (χ1v) is 8.79. The molecule has 0 aliphatic carbocycles. The van der Waals surface area contributed by atoms with Gasteiger partial charge in [-0.1, -0.05) is 6.07 Å². The number of carbonyl (C=O) groups excluding carboxylic acids is 1. The summed E-state index contributed by atoms with van der Waals surface area (Å²) in [5.41, 5.74) is -0.373. The molecule has 3 rings (SSSR count). The largest absolute Gasteiger partial charge is 0.480 e. The van der Waals surface area contributed by atoms with E-state index >= 15 is 0 Å². The minimum absolute atomic E-state index is 0.157. The maximum Gasteiger partial charge on any atom is 0.329 e. The van der Waals surface area contributed by atoms with Gasteiger partial charge in [0.15, 0.2) is 0 Å². The number of nitrogens with zero attached hydrogens (tertiary/aromatic N) is 2. The van der Waals surface area contributed by atoms with Crippen LogP contribution in [0.15, 0.2) is 22.9 Å². The molecule has 7 heteroatoms. The summed E-state index contributed by atoms with van der Waals surface area (Å²) in [6.07, 6.45) is 1.39. The molecule has 2 aromatic rings. The fourth-order valence-electron chi connectivity index (χ4n) is 2.74. The minimum atomic E-state index is -1.08. The van der Waals surface area contributed by atoms with Gasteiger partial charge in [-0.15, -0.1) is 22.7 Å². The second kappa shape index (κ2) is 5.81. The molecule has 2 aromatic heterocycles. The molecule has 0 radical (unpaired) electrons. The Labute approximate surface area is 136 Å². The van der Waals surface area contributed by atoms with Gasteiger partial charge in [-0.2, -0.15) is 0 Å². The number of likely N-dealkylation sites (tertiary alicyclic amines) is 1. The highest BCUT2D eigenvalue weighted by molar-refractivity contribution is 7.20. The number of rotatable bonds is 4. The van der Waals surface area contributed by atoms with Crippen molar-refractivity contribution >= 4 is 34.6 Å². The van der Waals surface area contributed by atoms with Gasteiger partial charge in [0.25, 0.3) is 0 Å². The number of thiazole rings is 1. The molecule has 0 spiro atoms. The van der Waals surface area contributed by atoms with Gasteiger partial charge in [0.05, 0.1) is 17.0 Å². The van der Waals surface area contributed by atoms with Crippen molar-refractivity contribution in [3.63, 3.8) is 0 Å². The normalized spacial score (nSPS) is 21.2. The van der Waals surface area contributed by atoms with Crippen LogP contribution in [-0.4, -0.2) is 39.0 Å². The van der Waals surface area contributed by atoms with Crippen molar-refractivity contribution < 1.29 is 14.7 Å². The van der Waals surface area contributed by atoms with E-state index in [0.717, 1.165) is 16.3 Å². The maximum atomic E-state index is 12.5. The Morgan fingerprint density at radius 3 is 2.95 bits per heavy atom. The first kappa shape index (κ1) is 15.2. The van der Waals surface area contributed by atoms with E-state index in [1.54, 1.807) is 18.3 Å². The first-order chi connectivity index (χ1) is 10.5. The van der Waals surface area contributed by atoms with Gasteiger partial charge < -0.3 is 10.0 Å². The highest BCUT2D eigenvalue weighted by Crippen LogP contribution is 2.31. The first-order valence-electron chi connectivity index (χ1n) is 7.03. The molecular weight excluding hydrogens is 320 g/mol. The Balaban J connectivity index is 1.73. The zero-order chi connectivity index (χ0) is 15.7. The van der Waals surface area contributed by atoms with Gasteiger partial charge in [-0.05, 0) is 31.2 Å². The minimum Gasteiger partial charge on any atom is -0.480 e. The summed E-state index contributed by atoms with van der Waals surface area (Å²) >= 11 is 3.12. The molecular formula is C15H16N2O3S2. The van der Waals surface area contributed by atoms with Crippen LogP contribution in [0.25, 0.3) is 9.88 Å². The highest BCUT2D eigenvalue weighted by atomic mass is 32.1. The monoisotopic (exact) mass is 336 g/mol. The lowest BCUT2D eigenvalue weighted by molar-refractivity contribution is -0.155. The Hall–Kier alpha value is -1.73. The van der Waals surface area contributed by atoms with Crippen LogP contribution in [0.3, 0.4) is 0 Å². The van der Waals surface area contributed by atoms with E-state index in [0.29, 0.717) is 18.7 Å². The second-order valence-corrected chi connectivity index (χ2v) is 7.33. The molecule has 3 heterocycles. The quantitative estimate of drug-likeness (QED) is 0.932. The van der Waals surface area contributed by atoms with E-state index in [1.807, 2.05) is 22.9 Å². The molecule has 0 saturated carbocycles. The van der Waals surface area contributed by atoms with Crippen molar-refractivity contribution in [2.24, 2.45) is 0 Å². The van der Waals surface area contributed by atoms with E-state index in [1.165, 1.54) is 16.2 Å². The second-order valence-electron chi connectivity index (χ2n) is 5.53. The fourth-order valence-corrected chi connectivity index (χ4v) is 4.37. The summed E-state index contributed by atoms with van der Waals surface area (Å²) in [6, 6.07) is 3.96. The van der Waals surface area contributed by atoms with Crippen LogP contribution in [-0.2, 0) is 16.0 Å². The Morgan fingerprint density at radius 1 is 1.45 bits per heavy atom. The average Bonchev–Trinajstić information content (AvgIpc) is 3.17. The molecule has 1 saturated heterocycles. The van der Waals surface area contributed by atoms with Crippen molar-refractivity contribution in [2.75, 3.05) is 6.54 Å². The third kappa shape index (κ3) is 2.66. The van der Waals surface area contributed by atoms with Crippen molar-refractivity contribution in [1.82, 2.24) is 9.88 Å². The highest BCUT2D eigenvalue weighted by Gasteiger charge is 2.45. The number of thiophene rings is 1. The molecule has 116 valence electrons. The van der Waals surface area contributed by atoms with E-state index in [4.69, 9.17) is 0 Å². The number of aromatic nitrogens is 1. The van der Waals surface area contributed by atoms with E-state index in [9.17, 15) is 14.7 Å². The molecule has 1 aliphatic heterocycles. The number of carbonyl (C=O) groups is 2. The van der Waals surface area contributed by atoms with Crippen LogP contribution in [0, 0.1) is 0 Å². The standard InChI is InChI=1S/C15H16N2O3S2/c1-15(14(19)20)5-3-6-17(15)12(18)8-10-9-22-13(16-10)11-4-2-7-21-11/h2,4,7,9H,3,5-6,8H2,1H3,(H,19,20). The number of amides is 1. The summed E-state index contributed by atoms with van der Waals surface area (Å²) in [7, 11) is 0. The predicted octanol–water partition coefficient (Wildman–Crippen LogP) is 2.88. The van der Waals surface area contributed by atoms with Gasteiger partial charge in [0.1, 0.15) is 10.5 Å². The summed E-state index contributed by atoms with van der Waals surface area (Å²) < 4.78 is 0. The van der Waals surface area contributed by atoms with Crippen molar-refractivity contribution in [2.45, 2.75) is 31.7 Å². The molecule has 1 fully saturated rings. The van der Waals surface area contributed by atoms with Crippen LogP contribution >= 0.6 is 22.7 Å². The smallest absolute Gasteiger partial charge is 0.329 e. The van der Waals surface area contributed by atoms with Crippen LogP contribution in [0.5, 0.6) is 0 Å². The molecule has 5 nitrogen and oxygen atoms in total. The van der Waals surface area contributed by atoms with Gasteiger partial charge >= 0.3 is 5.97 Å². The summed E-state index contributed by atoms with van der Waals surface area (Å²) in [5, 5.41) is 14.2. The topological polar surface area (TPSA) is 70.5 Å². The third-order valence-electron chi connectivity index (χ3n) is 4.02. The van der Waals surface area contributed by atoms with Gasteiger partial charge in [-0.25, -0.2) is 9.78 Å². The number of hydrogen-bond acceptors (Lipinski definition) is 5. The number of aliphatic carboxylic acids is 1. The molecule has 1 unspecified atom stereocenters. The van der Waals surface area contributed by atoms with Crippen molar-refractivity contribution in [3.05, 3.63) is 28.6 Å².